The van der Waals surface area contributed by atoms with Gasteiger partial charge in [-0.15, -0.1) is 0 Å². The average molecular weight is 487 g/mol. The Morgan fingerprint density at radius 3 is 2.84 bits per heavy atom. The monoisotopic (exact) mass is 486 g/mol. The number of rotatable bonds is 5. The molecule has 0 spiro atoms. The van der Waals surface area contributed by atoms with Crippen molar-refractivity contribution in [1.29, 1.82) is 0 Å². The fourth-order valence-corrected chi connectivity index (χ4v) is 4.56. The molecule has 1 unspecified atom stereocenters. The Morgan fingerprint density at radius 2 is 2.06 bits per heavy atom. The molecule has 3 aromatic rings. The number of pyridine rings is 1. The first-order valence-corrected chi connectivity index (χ1v) is 12.4. The lowest BCUT2D eigenvalue weighted by molar-refractivity contribution is -0.115. The number of aliphatic imine (C=N–C) groups is 1. The first-order valence-electron chi connectivity index (χ1n) is 9.63. The number of nitrogens with two attached hydrogens (primary N) is 1. The Balaban J connectivity index is 1.57. The van der Waals surface area contributed by atoms with Gasteiger partial charge in [0.05, 0.1) is 26.4 Å². The van der Waals surface area contributed by atoms with Gasteiger partial charge >= 0.3 is 0 Å². The van der Waals surface area contributed by atoms with Gasteiger partial charge in [-0.1, -0.05) is 29.8 Å². The van der Waals surface area contributed by atoms with Crippen LogP contribution in [0, 0.1) is 0 Å². The van der Waals surface area contributed by atoms with Gasteiger partial charge in [-0.3, -0.25) is 9.78 Å². The van der Waals surface area contributed by atoms with E-state index >= 15 is 0 Å². The number of aromatic nitrogens is 1. The summed E-state index contributed by atoms with van der Waals surface area (Å²) in [5.41, 5.74) is 2.92. The zero-order valence-electron chi connectivity index (χ0n) is 16.9. The molecule has 1 saturated heterocycles. The van der Waals surface area contributed by atoms with Gasteiger partial charge in [0.15, 0.2) is 5.17 Å². The molecule has 7 nitrogen and oxygen atoms in total. The van der Waals surface area contributed by atoms with Gasteiger partial charge < -0.3 is 5.32 Å². The largest absolute Gasteiger partial charge is 0.300 e. The molecule has 0 saturated carbocycles. The van der Waals surface area contributed by atoms with Crippen molar-refractivity contribution in [1.82, 2.24) is 10.3 Å². The summed E-state index contributed by atoms with van der Waals surface area (Å²) in [5, 5.41) is 8.97. The number of fused-ring (bicyclic) bond motifs is 1. The van der Waals surface area contributed by atoms with Crippen LogP contribution < -0.4 is 10.5 Å². The van der Waals surface area contributed by atoms with E-state index in [1.807, 2.05) is 30.3 Å². The maximum atomic E-state index is 12.4. The number of halogens is 1. The number of hydrogen-bond acceptors (Lipinski definition) is 6. The van der Waals surface area contributed by atoms with Crippen molar-refractivity contribution < 1.29 is 13.2 Å². The second-order valence-corrected chi connectivity index (χ2v) is 10.7. The highest BCUT2D eigenvalue weighted by Gasteiger charge is 2.24. The lowest BCUT2D eigenvalue weighted by atomic mass is 10.1. The molecule has 32 heavy (non-hydrogen) atoms. The minimum Gasteiger partial charge on any atom is -0.300 e. The summed E-state index contributed by atoms with van der Waals surface area (Å²) in [7, 11) is -3.65. The van der Waals surface area contributed by atoms with Crippen molar-refractivity contribution in [2.24, 2.45) is 10.1 Å². The SMILES string of the molecule is CC(Cc1ccc(Cl)c(N=C2NC(=O)C(=Cc3ccc4ncccc4c3)S2)c1)S(N)(=O)=O. The van der Waals surface area contributed by atoms with Gasteiger partial charge in [0, 0.05) is 11.6 Å². The molecule has 0 aliphatic carbocycles. The van der Waals surface area contributed by atoms with Crippen molar-refractivity contribution in [3.8, 4) is 0 Å². The molecule has 1 aromatic heterocycles. The molecule has 1 atom stereocenters. The Kier molecular flexibility index (Phi) is 6.34. The maximum Gasteiger partial charge on any atom is 0.264 e. The zero-order chi connectivity index (χ0) is 22.9. The highest BCUT2D eigenvalue weighted by molar-refractivity contribution is 8.18. The highest BCUT2D eigenvalue weighted by Crippen LogP contribution is 2.32. The third-order valence-corrected chi connectivity index (χ3v) is 7.41. The van der Waals surface area contributed by atoms with Crippen molar-refractivity contribution >= 4 is 67.1 Å². The number of hydrogen-bond donors (Lipinski definition) is 2. The molecule has 10 heteroatoms. The quantitative estimate of drug-likeness (QED) is 0.529. The summed E-state index contributed by atoms with van der Waals surface area (Å²) in [6.07, 6.45) is 3.76. The molecular formula is C22H19ClN4O3S2. The fraction of sp³-hybridized carbons (Fsp3) is 0.136. The van der Waals surface area contributed by atoms with Crippen LogP contribution >= 0.6 is 23.4 Å². The normalized spacial score (nSPS) is 17.8. The number of primary sulfonamides is 1. The maximum absolute atomic E-state index is 12.4. The van der Waals surface area contributed by atoms with Crippen LogP contribution in [0.4, 0.5) is 5.69 Å². The van der Waals surface area contributed by atoms with Crippen LogP contribution in [-0.2, 0) is 21.2 Å². The fourth-order valence-electron chi connectivity index (χ4n) is 3.14. The number of nitrogens with zero attached hydrogens (tertiary/aromatic N) is 2. The minimum atomic E-state index is -3.65. The van der Waals surface area contributed by atoms with Crippen LogP contribution in [0.5, 0.6) is 0 Å². The van der Waals surface area contributed by atoms with E-state index in [0.29, 0.717) is 20.8 Å². The number of nitrogens with one attached hydrogen (secondary N) is 1. The van der Waals surface area contributed by atoms with Crippen molar-refractivity contribution in [2.75, 3.05) is 0 Å². The van der Waals surface area contributed by atoms with Gasteiger partial charge in [-0.25, -0.2) is 18.5 Å². The third-order valence-electron chi connectivity index (χ3n) is 4.89. The second-order valence-electron chi connectivity index (χ2n) is 7.33. The predicted molar refractivity (Wildman–Crippen MR) is 130 cm³/mol. The first kappa shape index (κ1) is 22.5. The van der Waals surface area contributed by atoms with E-state index in [1.165, 1.54) is 11.8 Å². The van der Waals surface area contributed by atoms with E-state index in [4.69, 9.17) is 16.7 Å². The predicted octanol–water partition coefficient (Wildman–Crippen LogP) is 4.00. The van der Waals surface area contributed by atoms with Crippen LogP contribution in [0.3, 0.4) is 0 Å². The summed E-state index contributed by atoms with van der Waals surface area (Å²) in [6.45, 7) is 1.54. The third kappa shape index (κ3) is 5.18. The summed E-state index contributed by atoms with van der Waals surface area (Å²) in [6, 6.07) is 14.7. The van der Waals surface area contributed by atoms with E-state index in [2.05, 4.69) is 15.3 Å². The Bertz CT molecular complexity index is 1390. The molecule has 1 fully saturated rings. The van der Waals surface area contributed by atoms with E-state index in [1.54, 1.807) is 37.4 Å². The Labute approximate surface area is 194 Å². The number of amidine groups is 1. The standard InChI is InChI=1S/C22H19ClN4O3S2/c1-13(32(24,29)30)9-14-4-6-17(23)19(11-14)26-22-27-21(28)20(31-22)12-15-5-7-18-16(10-15)3-2-8-25-18/h2-8,10-13H,9H2,1H3,(H2,24,29,30)(H,26,27,28). The van der Waals surface area contributed by atoms with Crippen molar-refractivity contribution in [2.45, 2.75) is 18.6 Å². The minimum absolute atomic E-state index is 0.231. The molecule has 4 rings (SSSR count). The summed E-state index contributed by atoms with van der Waals surface area (Å²) in [5.74, 6) is -0.254. The van der Waals surface area contributed by atoms with Crippen LogP contribution in [0.1, 0.15) is 18.1 Å². The topological polar surface area (TPSA) is 115 Å². The highest BCUT2D eigenvalue weighted by atomic mass is 35.5. The number of sulfonamides is 1. The van der Waals surface area contributed by atoms with Crippen LogP contribution in [-0.4, -0.2) is 29.7 Å². The van der Waals surface area contributed by atoms with E-state index in [0.717, 1.165) is 22.0 Å². The van der Waals surface area contributed by atoms with Gasteiger partial charge in [-0.05, 0) is 72.6 Å². The number of benzene rings is 2. The van der Waals surface area contributed by atoms with E-state index < -0.39 is 15.3 Å². The molecule has 164 valence electrons. The molecule has 1 amide bonds. The Hall–Kier alpha value is -2.72. The van der Waals surface area contributed by atoms with Gasteiger partial charge in [0.25, 0.3) is 5.91 Å². The summed E-state index contributed by atoms with van der Waals surface area (Å²) < 4.78 is 23.0. The number of thioether (sulfide) groups is 1. The number of amides is 1. The second kappa shape index (κ2) is 9.03. The van der Waals surface area contributed by atoms with Crippen molar-refractivity contribution in [3.63, 3.8) is 0 Å². The number of carbonyl (C=O) groups is 1. The lowest BCUT2D eigenvalue weighted by Gasteiger charge is -2.10. The first-order chi connectivity index (χ1) is 15.2. The van der Waals surface area contributed by atoms with Crippen LogP contribution in [0.2, 0.25) is 5.02 Å². The van der Waals surface area contributed by atoms with Gasteiger partial charge in [0.2, 0.25) is 10.0 Å². The molecule has 2 heterocycles. The van der Waals surface area contributed by atoms with Crippen molar-refractivity contribution in [3.05, 3.63) is 75.8 Å². The molecule has 0 bridgehead atoms. The summed E-state index contributed by atoms with van der Waals surface area (Å²) >= 11 is 7.47. The average Bonchev–Trinajstić information content (AvgIpc) is 3.08. The van der Waals surface area contributed by atoms with E-state index in [-0.39, 0.29) is 12.3 Å². The van der Waals surface area contributed by atoms with Gasteiger partial charge in [0.1, 0.15) is 0 Å². The smallest absolute Gasteiger partial charge is 0.264 e. The lowest BCUT2D eigenvalue weighted by Crippen LogP contribution is -2.27. The summed E-state index contributed by atoms with van der Waals surface area (Å²) in [4.78, 5) is 21.7. The molecule has 0 radical (unpaired) electrons. The van der Waals surface area contributed by atoms with E-state index in [9.17, 15) is 13.2 Å². The molecule has 1 aliphatic rings. The zero-order valence-corrected chi connectivity index (χ0v) is 19.3. The molecule has 3 N–H and O–H groups in total. The Morgan fingerprint density at radius 1 is 1.25 bits per heavy atom. The number of carbonyl (C=O) groups excluding carboxylic acids is 1. The molecule has 1 aliphatic heterocycles. The van der Waals surface area contributed by atoms with Crippen LogP contribution in [0.25, 0.3) is 17.0 Å². The molecular weight excluding hydrogens is 468 g/mol. The van der Waals surface area contributed by atoms with Crippen LogP contribution in [0.15, 0.2) is 64.6 Å². The van der Waals surface area contributed by atoms with Gasteiger partial charge in [-0.2, -0.15) is 0 Å². The molecule has 2 aromatic carbocycles.